The van der Waals surface area contributed by atoms with Crippen molar-refractivity contribution in [1.82, 2.24) is 0 Å². The van der Waals surface area contributed by atoms with E-state index >= 15 is 0 Å². The standard InChI is InChI=1S/C22H25NO3/c1-2-25-22(24)17-20(12-14-23)13-15-26-21-10-8-19(9-11-21)16-18-6-4-3-5-7-18/h3-11,20H,2,13,15-17,23H2,1H3. The molecule has 136 valence electrons. The van der Waals surface area contributed by atoms with Crippen molar-refractivity contribution in [1.29, 1.82) is 0 Å². The maximum absolute atomic E-state index is 11.6. The van der Waals surface area contributed by atoms with E-state index in [2.05, 4.69) is 36.2 Å². The van der Waals surface area contributed by atoms with Crippen molar-refractivity contribution in [2.24, 2.45) is 11.7 Å². The lowest BCUT2D eigenvalue weighted by Gasteiger charge is -2.11. The van der Waals surface area contributed by atoms with Crippen LogP contribution in [0.1, 0.15) is 30.9 Å². The fourth-order valence-electron chi connectivity index (χ4n) is 2.62. The highest BCUT2D eigenvalue weighted by molar-refractivity contribution is 5.70. The smallest absolute Gasteiger partial charge is 0.307 e. The predicted octanol–water partition coefficient (Wildman–Crippen LogP) is 3.54. The van der Waals surface area contributed by atoms with Crippen molar-refractivity contribution >= 4 is 5.97 Å². The van der Waals surface area contributed by atoms with Crippen LogP contribution in [0.25, 0.3) is 0 Å². The summed E-state index contributed by atoms with van der Waals surface area (Å²) in [5.74, 6) is 3.23. The molecule has 0 aliphatic carbocycles. The van der Waals surface area contributed by atoms with Crippen LogP contribution in [0, 0.1) is 17.9 Å². The maximum Gasteiger partial charge on any atom is 0.307 e. The molecule has 1 unspecified atom stereocenters. The monoisotopic (exact) mass is 351 g/mol. The first-order valence-corrected chi connectivity index (χ1v) is 8.83. The second kappa shape index (κ2) is 10.8. The summed E-state index contributed by atoms with van der Waals surface area (Å²) in [6, 6.07) is 20.8. The van der Waals surface area contributed by atoms with Crippen LogP contribution in [0.5, 0.6) is 5.75 Å². The molecule has 0 radical (unpaired) electrons. The molecular weight excluding hydrogens is 326 g/mol. The van der Waals surface area contributed by atoms with Crippen LogP contribution in [0.2, 0.25) is 0 Å². The number of carbonyl (C=O) groups is 1. The average Bonchev–Trinajstić information content (AvgIpc) is 2.64. The van der Waals surface area contributed by atoms with Crippen LogP contribution < -0.4 is 10.5 Å². The van der Waals surface area contributed by atoms with Crippen LogP contribution in [-0.4, -0.2) is 19.2 Å². The molecule has 0 aromatic heterocycles. The van der Waals surface area contributed by atoms with E-state index in [0.29, 0.717) is 19.6 Å². The SMILES string of the molecule is CCOC(=O)CC(C#CN)CCOc1ccc(Cc2ccccc2)cc1. The lowest BCUT2D eigenvalue weighted by atomic mass is 10.0. The summed E-state index contributed by atoms with van der Waals surface area (Å²) >= 11 is 0. The minimum Gasteiger partial charge on any atom is -0.494 e. The Kier molecular flexibility index (Phi) is 8.08. The number of carbonyl (C=O) groups excluding carboxylic acids is 1. The topological polar surface area (TPSA) is 61.5 Å². The van der Waals surface area contributed by atoms with Gasteiger partial charge in [-0.15, -0.1) is 0 Å². The zero-order valence-corrected chi connectivity index (χ0v) is 15.1. The Morgan fingerprint density at radius 1 is 1.08 bits per heavy atom. The van der Waals surface area contributed by atoms with Crippen molar-refractivity contribution < 1.29 is 14.3 Å². The van der Waals surface area contributed by atoms with E-state index in [1.165, 1.54) is 11.1 Å². The van der Waals surface area contributed by atoms with E-state index < -0.39 is 0 Å². The molecule has 0 heterocycles. The van der Waals surface area contributed by atoms with Crippen LogP contribution in [-0.2, 0) is 16.0 Å². The first-order chi connectivity index (χ1) is 12.7. The largest absolute Gasteiger partial charge is 0.494 e. The van der Waals surface area contributed by atoms with Gasteiger partial charge in [-0.1, -0.05) is 48.4 Å². The van der Waals surface area contributed by atoms with Gasteiger partial charge in [-0.3, -0.25) is 4.79 Å². The zero-order chi connectivity index (χ0) is 18.6. The number of hydrogen-bond acceptors (Lipinski definition) is 4. The highest BCUT2D eigenvalue weighted by atomic mass is 16.5. The Hall–Kier alpha value is -2.93. The van der Waals surface area contributed by atoms with Gasteiger partial charge in [0.15, 0.2) is 0 Å². The summed E-state index contributed by atoms with van der Waals surface area (Å²) in [4.78, 5) is 11.6. The summed E-state index contributed by atoms with van der Waals surface area (Å²) in [6.07, 6.45) is 1.75. The van der Waals surface area contributed by atoms with E-state index in [1.807, 2.05) is 30.3 Å². The third kappa shape index (κ3) is 6.90. The first-order valence-electron chi connectivity index (χ1n) is 8.83. The molecule has 1 atom stereocenters. The Balaban J connectivity index is 1.80. The van der Waals surface area contributed by atoms with Gasteiger partial charge in [-0.2, -0.15) is 0 Å². The highest BCUT2D eigenvalue weighted by Crippen LogP contribution is 2.17. The second-order valence-corrected chi connectivity index (χ2v) is 5.94. The van der Waals surface area contributed by atoms with Crippen molar-refractivity contribution in [2.75, 3.05) is 13.2 Å². The fourth-order valence-corrected chi connectivity index (χ4v) is 2.62. The second-order valence-electron chi connectivity index (χ2n) is 5.94. The van der Waals surface area contributed by atoms with Crippen molar-refractivity contribution in [3.63, 3.8) is 0 Å². The first kappa shape index (κ1) is 19.4. The van der Waals surface area contributed by atoms with Gasteiger partial charge in [0.05, 0.1) is 19.6 Å². The van der Waals surface area contributed by atoms with E-state index in [0.717, 1.165) is 12.2 Å². The Morgan fingerprint density at radius 2 is 1.77 bits per heavy atom. The number of rotatable bonds is 9. The van der Waals surface area contributed by atoms with Crippen LogP contribution in [0.3, 0.4) is 0 Å². The molecule has 26 heavy (non-hydrogen) atoms. The number of benzene rings is 2. The highest BCUT2D eigenvalue weighted by Gasteiger charge is 2.13. The summed E-state index contributed by atoms with van der Waals surface area (Å²) < 4.78 is 10.7. The third-order valence-electron chi connectivity index (χ3n) is 3.92. The van der Waals surface area contributed by atoms with Crippen LogP contribution in [0.4, 0.5) is 0 Å². The van der Waals surface area contributed by atoms with Gasteiger partial charge in [-0.05, 0) is 43.0 Å². The Morgan fingerprint density at radius 3 is 2.42 bits per heavy atom. The van der Waals surface area contributed by atoms with Gasteiger partial charge < -0.3 is 15.2 Å². The quantitative estimate of drug-likeness (QED) is 0.426. The molecule has 4 nitrogen and oxygen atoms in total. The van der Waals surface area contributed by atoms with Crippen LogP contribution in [0.15, 0.2) is 54.6 Å². The molecule has 2 aromatic carbocycles. The molecule has 0 saturated carbocycles. The molecule has 2 N–H and O–H groups in total. The molecule has 2 aromatic rings. The van der Waals surface area contributed by atoms with Gasteiger partial charge in [0, 0.05) is 12.0 Å². The molecule has 0 fully saturated rings. The number of hydrogen-bond donors (Lipinski definition) is 1. The van der Waals surface area contributed by atoms with E-state index in [9.17, 15) is 4.79 Å². The minimum absolute atomic E-state index is 0.156. The zero-order valence-electron chi connectivity index (χ0n) is 15.1. The van der Waals surface area contributed by atoms with E-state index in [1.54, 1.807) is 6.92 Å². The van der Waals surface area contributed by atoms with E-state index in [4.69, 9.17) is 15.2 Å². The predicted molar refractivity (Wildman–Crippen MR) is 103 cm³/mol. The molecule has 4 heteroatoms. The van der Waals surface area contributed by atoms with Gasteiger partial charge in [0.25, 0.3) is 0 Å². The molecule has 0 aliphatic rings. The average molecular weight is 351 g/mol. The third-order valence-corrected chi connectivity index (χ3v) is 3.92. The van der Waals surface area contributed by atoms with Gasteiger partial charge in [-0.25, -0.2) is 0 Å². The Labute approximate surface area is 155 Å². The lowest BCUT2D eigenvalue weighted by molar-refractivity contribution is -0.143. The molecule has 0 spiro atoms. The molecule has 0 aliphatic heterocycles. The van der Waals surface area contributed by atoms with Crippen LogP contribution >= 0.6 is 0 Å². The number of ether oxygens (including phenoxy) is 2. The molecule has 2 rings (SSSR count). The molecule has 0 bridgehead atoms. The number of esters is 1. The molecule has 0 amide bonds. The lowest BCUT2D eigenvalue weighted by Crippen LogP contribution is -2.13. The molecule has 0 saturated heterocycles. The fraction of sp³-hybridized carbons (Fsp3) is 0.318. The van der Waals surface area contributed by atoms with Crippen molar-refractivity contribution in [3.8, 4) is 17.7 Å². The molecular formula is C22H25NO3. The maximum atomic E-state index is 11.6. The van der Waals surface area contributed by atoms with Gasteiger partial charge in [0.1, 0.15) is 5.75 Å². The van der Waals surface area contributed by atoms with Crippen molar-refractivity contribution in [3.05, 3.63) is 65.7 Å². The summed E-state index contributed by atoms with van der Waals surface area (Å²) in [5.41, 5.74) is 7.80. The summed E-state index contributed by atoms with van der Waals surface area (Å²) in [5, 5.41) is 0. The van der Waals surface area contributed by atoms with Crippen molar-refractivity contribution in [2.45, 2.75) is 26.2 Å². The normalized spacial score (nSPS) is 11.1. The van der Waals surface area contributed by atoms with Gasteiger partial charge in [0.2, 0.25) is 0 Å². The number of nitrogens with two attached hydrogens (primary N) is 1. The van der Waals surface area contributed by atoms with Gasteiger partial charge >= 0.3 is 5.97 Å². The summed E-state index contributed by atoms with van der Waals surface area (Å²) in [6.45, 7) is 2.62. The Bertz CT molecular complexity index is 729. The van der Waals surface area contributed by atoms with E-state index in [-0.39, 0.29) is 18.3 Å². The minimum atomic E-state index is -0.259. The summed E-state index contributed by atoms with van der Waals surface area (Å²) in [7, 11) is 0.